The maximum atomic E-state index is 6.03. The normalized spacial score (nSPS) is 23.3. The van der Waals surface area contributed by atoms with Crippen LogP contribution in [0.5, 0.6) is 5.88 Å². The Hall–Kier alpha value is -1.39. The summed E-state index contributed by atoms with van der Waals surface area (Å²) in [6.45, 7) is 6.50. The molecule has 3 aliphatic rings. The predicted molar refractivity (Wildman–Crippen MR) is 125 cm³/mol. The van der Waals surface area contributed by atoms with Crippen LogP contribution >= 0.6 is 24.0 Å². The minimum absolute atomic E-state index is 0. The summed E-state index contributed by atoms with van der Waals surface area (Å²) in [5.74, 6) is 1.67. The van der Waals surface area contributed by atoms with Crippen molar-refractivity contribution in [2.75, 3.05) is 46.4 Å². The Labute approximate surface area is 190 Å². The van der Waals surface area contributed by atoms with E-state index in [-0.39, 0.29) is 30.1 Å². The number of hydrogen-bond donors (Lipinski definition) is 1. The second-order valence-corrected chi connectivity index (χ2v) is 7.65. The number of ether oxygens (including phenoxy) is 2. The Morgan fingerprint density at radius 3 is 2.83 bits per heavy atom. The smallest absolute Gasteiger partial charge is 0.213 e. The van der Waals surface area contributed by atoms with Gasteiger partial charge in [-0.1, -0.05) is 12.2 Å². The quantitative estimate of drug-likeness (QED) is 0.282. The first-order valence-electron chi connectivity index (χ1n) is 10.4. The van der Waals surface area contributed by atoms with Gasteiger partial charge in [0.15, 0.2) is 5.96 Å². The van der Waals surface area contributed by atoms with E-state index in [9.17, 15) is 0 Å². The SMILES string of the molecule is CN=C(NCc1ccnc(OC2CCOCC2)c1)N1CCC(N2CC=CC2)C1.I. The van der Waals surface area contributed by atoms with Gasteiger partial charge in [-0.15, -0.1) is 24.0 Å². The molecule has 4 rings (SSSR count). The van der Waals surface area contributed by atoms with Gasteiger partial charge in [0.25, 0.3) is 0 Å². The predicted octanol–water partition coefficient (Wildman–Crippen LogP) is 2.28. The molecule has 0 aromatic carbocycles. The number of aromatic nitrogens is 1. The Morgan fingerprint density at radius 1 is 1.28 bits per heavy atom. The number of aliphatic imine (C=N–C) groups is 1. The van der Waals surface area contributed by atoms with E-state index in [1.165, 1.54) is 6.42 Å². The molecule has 3 aliphatic heterocycles. The summed E-state index contributed by atoms with van der Waals surface area (Å²) in [5.41, 5.74) is 1.15. The lowest BCUT2D eigenvalue weighted by atomic mass is 10.1. The molecule has 160 valence electrons. The fraction of sp³-hybridized carbons (Fsp3) is 0.619. The van der Waals surface area contributed by atoms with Crippen molar-refractivity contribution in [1.82, 2.24) is 20.1 Å². The second kappa shape index (κ2) is 11.1. The van der Waals surface area contributed by atoms with Crippen molar-refractivity contribution < 1.29 is 9.47 Å². The van der Waals surface area contributed by atoms with E-state index in [4.69, 9.17) is 9.47 Å². The third-order valence-electron chi connectivity index (χ3n) is 5.74. The molecule has 0 bridgehead atoms. The zero-order chi connectivity index (χ0) is 19.2. The molecule has 0 radical (unpaired) electrons. The number of hydrogen-bond acceptors (Lipinski definition) is 5. The number of pyridine rings is 1. The van der Waals surface area contributed by atoms with Gasteiger partial charge in [-0.05, 0) is 18.1 Å². The molecule has 0 aliphatic carbocycles. The molecule has 8 heteroatoms. The van der Waals surface area contributed by atoms with Gasteiger partial charge in [0, 0.05) is 70.9 Å². The summed E-state index contributed by atoms with van der Waals surface area (Å²) in [6.07, 6.45) is 9.61. The van der Waals surface area contributed by atoms with Crippen molar-refractivity contribution in [3.8, 4) is 5.88 Å². The van der Waals surface area contributed by atoms with Gasteiger partial charge in [-0.3, -0.25) is 9.89 Å². The number of nitrogens with zero attached hydrogens (tertiary/aromatic N) is 4. The van der Waals surface area contributed by atoms with Crippen LogP contribution in [0.4, 0.5) is 0 Å². The van der Waals surface area contributed by atoms with Crippen LogP contribution in [-0.2, 0) is 11.3 Å². The Kier molecular flexibility index (Phi) is 8.55. The number of halogens is 1. The molecule has 1 atom stereocenters. The molecule has 1 N–H and O–H groups in total. The minimum Gasteiger partial charge on any atom is -0.474 e. The van der Waals surface area contributed by atoms with Crippen molar-refractivity contribution in [1.29, 1.82) is 0 Å². The van der Waals surface area contributed by atoms with Crippen LogP contribution in [0.25, 0.3) is 0 Å². The van der Waals surface area contributed by atoms with Crippen LogP contribution in [0.15, 0.2) is 35.5 Å². The molecule has 1 unspecified atom stereocenters. The highest BCUT2D eigenvalue weighted by Crippen LogP contribution is 2.19. The number of rotatable bonds is 5. The topological polar surface area (TPSA) is 62.2 Å². The number of likely N-dealkylation sites (tertiary alicyclic amines) is 1. The largest absolute Gasteiger partial charge is 0.474 e. The van der Waals surface area contributed by atoms with E-state index in [0.29, 0.717) is 18.5 Å². The first kappa shape index (κ1) is 22.3. The molecule has 0 amide bonds. The average molecular weight is 513 g/mol. The van der Waals surface area contributed by atoms with Gasteiger partial charge in [0.05, 0.1) is 13.2 Å². The zero-order valence-corrected chi connectivity index (χ0v) is 19.5. The van der Waals surface area contributed by atoms with E-state index >= 15 is 0 Å². The third-order valence-corrected chi connectivity index (χ3v) is 5.74. The highest BCUT2D eigenvalue weighted by atomic mass is 127. The molecule has 29 heavy (non-hydrogen) atoms. The molecule has 4 heterocycles. The van der Waals surface area contributed by atoms with Crippen LogP contribution in [0, 0.1) is 0 Å². The lowest BCUT2D eigenvalue weighted by Crippen LogP contribution is -2.42. The van der Waals surface area contributed by atoms with Crippen molar-refractivity contribution in [3.63, 3.8) is 0 Å². The number of nitrogens with one attached hydrogen (secondary N) is 1. The van der Waals surface area contributed by atoms with E-state index in [2.05, 4.69) is 37.2 Å². The Morgan fingerprint density at radius 2 is 2.07 bits per heavy atom. The first-order chi connectivity index (χ1) is 13.8. The lowest BCUT2D eigenvalue weighted by molar-refractivity contribution is 0.0237. The van der Waals surface area contributed by atoms with Gasteiger partial charge in [0.1, 0.15) is 6.10 Å². The van der Waals surface area contributed by atoms with E-state index < -0.39 is 0 Å². The van der Waals surface area contributed by atoms with E-state index in [1.807, 2.05) is 25.4 Å². The molecule has 1 aromatic rings. The summed E-state index contributed by atoms with van der Waals surface area (Å²) >= 11 is 0. The van der Waals surface area contributed by atoms with Gasteiger partial charge >= 0.3 is 0 Å². The van der Waals surface area contributed by atoms with E-state index in [1.54, 1.807) is 0 Å². The molecule has 1 aromatic heterocycles. The van der Waals surface area contributed by atoms with Crippen LogP contribution in [0.3, 0.4) is 0 Å². The van der Waals surface area contributed by atoms with Gasteiger partial charge in [-0.25, -0.2) is 4.98 Å². The average Bonchev–Trinajstić information content (AvgIpc) is 3.42. The van der Waals surface area contributed by atoms with Crippen molar-refractivity contribution in [2.45, 2.75) is 38.0 Å². The summed E-state index contributed by atoms with van der Waals surface area (Å²) in [5, 5.41) is 3.51. The Bertz CT molecular complexity index is 700. The second-order valence-electron chi connectivity index (χ2n) is 7.65. The maximum absolute atomic E-state index is 6.03. The van der Waals surface area contributed by atoms with Crippen LogP contribution in [0.2, 0.25) is 0 Å². The fourth-order valence-electron chi connectivity index (χ4n) is 4.13. The van der Waals surface area contributed by atoms with Crippen molar-refractivity contribution in [3.05, 3.63) is 36.0 Å². The summed E-state index contributed by atoms with van der Waals surface area (Å²) in [4.78, 5) is 13.8. The van der Waals surface area contributed by atoms with Gasteiger partial charge in [-0.2, -0.15) is 0 Å². The molecule has 0 spiro atoms. The molecule has 0 saturated carbocycles. The zero-order valence-electron chi connectivity index (χ0n) is 17.1. The van der Waals surface area contributed by atoms with Crippen LogP contribution < -0.4 is 10.1 Å². The fourth-order valence-corrected chi connectivity index (χ4v) is 4.13. The summed E-state index contributed by atoms with van der Waals surface area (Å²) in [7, 11) is 1.86. The standard InChI is InChI=1S/C21H31N5O2.HI/c1-22-21(26-11-5-18(16-26)25-9-2-3-10-25)24-15-17-4-8-23-20(14-17)28-19-6-12-27-13-7-19;/h2-4,8,14,18-19H,5-7,9-13,15-16H2,1H3,(H,22,24);1H. The molecule has 7 nitrogen and oxygen atoms in total. The molecule has 2 saturated heterocycles. The van der Waals surface area contributed by atoms with Crippen molar-refractivity contribution in [2.24, 2.45) is 4.99 Å². The third kappa shape index (κ3) is 6.05. The molecular weight excluding hydrogens is 481 g/mol. The van der Waals surface area contributed by atoms with Crippen LogP contribution in [0.1, 0.15) is 24.8 Å². The van der Waals surface area contributed by atoms with Crippen LogP contribution in [-0.4, -0.2) is 79.3 Å². The molecule has 2 fully saturated rings. The summed E-state index contributed by atoms with van der Waals surface area (Å²) in [6, 6.07) is 4.67. The van der Waals surface area contributed by atoms with Gasteiger partial charge < -0.3 is 19.7 Å². The highest BCUT2D eigenvalue weighted by molar-refractivity contribution is 14.0. The first-order valence-corrected chi connectivity index (χ1v) is 10.4. The van der Waals surface area contributed by atoms with Crippen molar-refractivity contribution >= 4 is 29.9 Å². The Balaban J connectivity index is 0.00000240. The lowest BCUT2D eigenvalue weighted by Gasteiger charge is -2.25. The monoisotopic (exact) mass is 513 g/mol. The maximum Gasteiger partial charge on any atom is 0.213 e. The minimum atomic E-state index is 0. The highest BCUT2D eigenvalue weighted by Gasteiger charge is 2.29. The van der Waals surface area contributed by atoms with Gasteiger partial charge in [0.2, 0.25) is 5.88 Å². The van der Waals surface area contributed by atoms with E-state index in [0.717, 1.165) is 63.8 Å². The summed E-state index contributed by atoms with van der Waals surface area (Å²) < 4.78 is 11.4. The number of guanidine groups is 1. The molecular formula is C21H32IN5O2.